The molecule has 0 aliphatic heterocycles. The summed E-state index contributed by atoms with van der Waals surface area (Å²) < 4.78 is 0. The van der Waals surface area contributed by atoms with Crippen LogP contribution in [0.1, 0.15) is 0 Å². The van der Waals surface area contributed by atoms with Gasteiger partial charge in [-0.2, -0.15) is 0 Å². The summed E-state index contributed by atoms with van der Waals surface area (Å²) in [6.45, 7) is 0. The van der Waals surface area contributed by atoms with Gasteiger partial charge >= 0.3 is 0 Å². The van der Waals surface area contributed by atoms with E-state index >= 15 is 0 Å². The molecule has 0 aromatic carbocycles. The van der Waals surface area contributed by atoms with Crippen LogP contribution in [0, 0.1) is 71.2 Å². The van der Waals surface area contributed by atoms with E-state index in [4.69, 9.17) is 0 Å². The van der Waals surface area contributed by atoms with Crippen molar-refractivity contribution >= 4 is 43.7 Å². The molecule has 0 heterocycles. The van der Waals surface area contributed by atoms with E-state index < -0.39 is 0 Å². The molecule has 0 nitrogen and oxygen atoms in total. The molecule has 0 spiro atoms. The van der Waals surface area contributed by atoms with Crippen LogP contribution in [0.15, 0.2) is 0 Å². The molecule has 0 aliphatic rings. The Balaban J connectivity index is -0.000000125. The Morgan fingerprint density at radius 2 is 1.00 bits per heavy atom. The third-order valence-corrected chi connectivity index (χ3v) is 0.957. The topological polar surface area (TPSA) is 0 Å². The monoisotopic (exact) mass is 352 g/mol. The van der Waals surface area contributed by atoms with Gasteiger partial charge in [0.25, 0.3) is 0 Å². The SMILES string of the molecule is BBBBBB.[La].[La]. The average molecular weight is 351 g/mol. The summed E-state index contributed by atoms with van der Waals surface area (Å²) in [5.74, 6) is 0. The fourth-order valence-corrected chi connectivity index (χ4v) is 0.500. The third kappa shape index (κ3) is 15.9. The molecule has 0 bridgehead atoms. The van der Waals surface area contributed by atoms with E-state index in [1.807, 2.05) is 0 Å². The Labute approximate surface area is 113 Å². The van der Waals surface area contributed by atoms with Crippen molar-refractivity contribution in [3.05, 3.63) is 0 Å². The summed E-state index contributed by atoms with van der Waals surface area (Å²) >= 11 is 0. The summed E-state index contributed by atoms with van der Waals surface area (Å²) in [6, 6.07) is 0. The molecule has 8 heteroatoms. The molecular weight excluding hydrogens is 343 g/mol. The smallest absolute Gasteiger partial charge is 0 e. The van der Waals surface area contributed by atoms with Gasteiger partial charge in [-0.3, -0.25) is 0 Å². The molecule has 0 saturated heterocycles. The van der Waals surface area contributed by atoms with E-state index in [0.29, 0.717) is 0 Å². The Morgan fingerprint density at radius 1 is 0.750 bits per heavy atom. The average Bonchev–Trinajstić information content (AvgIpc) is 1.61. The number of hydrogen-bond donors (Lipinski definition) is 0. The predicted molar refractivity (Wildman–Crippen MR) is 45.7 cm³/mol. The van der Waals surface area contributed by atoms with Gasteiger partial charge in [0.2, 0.25) is 0 Å². The third-order valence-electron chi connectivity index (χ3n) is 0.957. The van der Waals surface area contributed by atoms with Gasteiger partial charge in [-0.05, 0) is 0 Å². The maximum Gasteiger partial charge on any atom is 0.0597 e. The van der Waals surface area contributed by atoms with E-state index in [0.717, 1.165) is 0 Å². The predicted octanol–water partition coefficient (Wildman–Crippen LogP) is -4.43. The van der Waals surface area contributed by atoms with Crippen molar-refractivity contribution in [2.45, 2.75) is 0 Å². The van der Waals surface area contributed by atoms with Crippen LogP contribution in [0.4, 0.5) is 0 Å². The van der Waals surface area contributed by atoms with Gasteiger partial charge in [0, 0.05) is 99.4 Å². The minimum Gasteiger partial charge on any atom is 0 e. The maximum atomic E-state index is 2.23. The van der Waals surface area contributed by atoms with Crippen molar-refractivity contribution in [3.63, 3.8) is 0 Å². The van der Waals surface area contributed by atoms with Gasteiger partial charge in [0.15, 0.2) is 0 Å². The van der Waals surface area contributed by atoms with Gasteiger partial charge in [0.1, 0.15) is 0 Å². The van der Waals surface area contributed by atoms with E-state index in [-0.39, 0.29) is 71.2 Å². The van der Waals surface area contributed by atoms with Crippen molar-refractivity contribution in [2.24, 2.45) is 0 Å². The molecule has 0 N–H and O–H groups in total. The Bertz CT molecular complexity index is 18.5. The minimum atomic E-state index is 0. The van der Waals surface area contributed by atoms with Crippen LogP contribution in [0.5, 0.6) is 0 Å². The summed E-state index contributed by atoms with van der Waals surface area (Å²) in [5, 5.41) is 0. The zero-order valence-corrected chi connectivity index (χ0v) is 13.2. The second kappa shape index (κ2) is 16.4. The Hall–Kier alpha value is 2.78. The van der Waals surface area contributed by atoms with Crippen molar-refractivity contribution in [1.82, 2.24) is 0 Å². The standard InChI is InChI=1S/B6H8.2La/c1-3-5-6-4-2;;/h3-6H,1-2H2;;. The van der Waals surface area contributed by atoms with Gasteiger partial charge in [0.05, 0.1) is 15.5 Å². The van der Waals surface area contributed by atoms with E-state index in [2.05, 4.69) is 15.5 Å². The first-order valence-corrected chi connectivity index (χ1v) is 2.91. The zero-order valence-electron chi connectivity index (χ0n) is 5.98. The van der Waals surface area contributed by atoms with E-state index in [1.165, 1.54) is 28.2 Å². The van der Waals surface area contributed by atoms with E-state index in [1.54, 1.807) is 0 Å². The second-order valence-corrected chi connectivity index (χ2v) is 1.71. The molecule has 0 aromatic heterocycles. The van der Waals surface area contributed by atoms with Crippen LogP contribution in [-0.4, -0.2) is 43.7 Å². The molecule has 2 radical (unpaired) electrons. The maximum absolute atomic E-state index is 2.23. The van der Waals surface area contributed by atoms with Crippen LogP contribution < -0.4 is 0 Å². The van der Waals surface area contributed by atoms with Crippen molar-refractivity contribution in [1.29, 1.82) is 0 Å². The molecule has 0 rings (SSSR count). The van der Waals surface area contributed by atoms with Crippen molar-refractivity contribution in [3.8, 4) is 0 Å². The molecule has 32 valence electrons. The van der Waals surface area contributed by atoms with Crippen LogP contribution in [0.3, 0.4) is 0 Å². The quantitative estimate of drug-likeness (QED) is 0.356. The molecule has 0 aromatic rings. The summed E-state index contributed by atoms with van der Waals surface area (Å²) in [6.07, 6.45) is 0. The van der Waals surface area contributed by atoms with Crippen LogP contribution in [0.2, 0.25) is 0 Å². The normalized spacial score (nSPS) is 4.50. The Kier molecular flexibility index (Phi) is 34.9. The zero-order chi connectivity index (χ0) is 4.83. The molecule has 0 amide bonds. The molecular formula is H8B6La2. The summed E-state index contributed by atoms with van der Waals surface area (Å²) in [4.78, 5) is 0. The van der Waals surface area contributed by atoms with Crippen LogP contribution in [0.25, 0.3) is 0 Å². The molecule has 0 aliphatic carbocycles. The van der Waals surface area contributed by atoms with Crippen LogP contribution >= 0.6 is 0 Å². The largest absolute Gasteiger partial charge is 0.0597 e. The van der Waals surface area contributed by atoms with Crippen molar-refractivity contribution in [2.75, 3.05) is 0 Å². The van der Waals surface area contributed by atoms with Crippen LogP contribution in [-0.2, 0) is 0 Å². The molecule has 0 unspecified atom stereocenters. The first kappa shape index (κ1) is 17.0. The molecule has 0 saturated carbocycles. The van der Waals surface area contributed by atoms with Gasteiger partial charge in [-0.15, -0.1) is 0 Å². The first-order chi connectivity index (χ1) is 2.91. The molecule has 0 fully saturated rings. The summed E-state index contributed by atoms with van der Waals surface area (Å²) in [5.41, 5.74) is 0. The van der Waals surface area contributed by atoms with Gasteiger partial charge in [-0.25, -0.2) is 0 Å². The molecule has 8 heavy (non-hydrogen) atoms. The fourth-order valence-electron chi connectivity index (χ4n) is 0.500. The first-order valence-electron chi connectivity index (χ1n) is 2.91. The minimum absolute atomic E-state index is 0. The van der Waals surface area contributed by atoms with E-state index in [9.17, 15) is 0 Å². The molecule has 0 atom stereocenters. The second-order valence-electron chi connectivity index (χ2n) is 1.71. The van der Waals surface area contributed by atoms with Crippen molar-refractivity contribution < 1.29 is 71.2 Å². The van der Waals surface area contributed by atoms with Gasteiger partial charge < -0.3 is 0 Å². The number of rotatable bonds is 3. The van der Waals surface area contributed by atoms with Gasteiger partial charge in [-0.1, -0.05) is 0 Å². The fraction of sp³-hybridized carbons (Fsp3) is 0. The number of hydrogen-bond acceptors (Lipinski definition) is 0. The Morgan fingerprint density at radius 3 is 1.12 bits per heavy atom. The summed E-state index contributed by atoms with van der Waals surface area (Å²) in [7, 11) is 10.0.